The number of para-hydroxylation sites is 1. The fraction of sp³-hybridized carbons (Fsp3) is 0.350. The monoisotopic (exact) mass is 419 g/mol. The lowest BCUT2D eigenvalue weighted by molar-refractivity contribution is 0.336. The number of ether oxygens (including phenoxy) is 1. The van der Waals surface area contributed by atoms with Crippen molar-refractivity contribution < 1.29 is 13.2 Å². The Bertz CT molecular complexity index is 1100. The van der Waals surface area contributed by atoms with Gasteiger partial charge in [-0.2, -0.15) is 5.10 Å². The molecule has 0 saturated carbocycles. The van der Waals surface area contributed by atoms with Crippen LogP contribution in [0, 0.1) is 27.7 Å². The van der Waals surface area contributed by atoms with Crippen LogP contribution in [-0.2, 0) is 16.6 Å². The number of nitrogens with zero attached hydrogens (tertiary/aromatic N) is 1. The van der Waals surface area contributed by atoms with Crippen molar-refractivity contribution in [3.05, 3.63) is 50.8 Å². The fourth-order valence-corrected chi connectivity index (χ4v) is 6.04. The SMILES string of the molecule is CCOc1ccccc1CNS(=O)(=O)c1c(C)sc(C)c1-c1n[nH]c(C)c1C. The summed E-state index contributed by atoms with van der Waals surface area (Å²) in [6.45, 7) is 10.2. The molecule has 6 nitrogen and oxygen atoms in total. The van der Waals surface area contributed by atoms with Gasteiger partial charge in [0.15, 0.2) is 0 Å². The van der Waals surface area contributed by atoms with Gasteiger partial charge >= 0.3 is 0 Å². The lowest BCUT2D eigenvalue weighted by atomic mass is 10.1. The zero-order valence-electron chi connectivity index (χ0n) is 16.7. The standard InChI is InChI=1S/C20H25N3O3S2/c1-6-26-17-10-8-7-9-16(17)11-21-28(24,25)20-15(5)27-14(4)18(20)19-12(2)13(3)22-23-19/h7-10,21H,6,11H2,1-5H3,(H,22,23). The molecule has 1 aromatic carbocycles. The Morgan fingerprint density at radius 3 is 2.50 bits per heavy atom. The molecule has 0 unspecified atom stereocenters. The van der Waals surface area contributed by atoms with Crippen molar-refractivity contribution in [3.8, 4) is 17.0 Å². The normalized spacial score (nSPS) is 11.8. The molecule has 150 valence electrons. The third-order valence-corrected chi connectivity index (χ3v) is 7.41. The van der Waals surface area contributed by atoms with Gasteiger partial charge in [-0.1, -0.05) is 18.2 Å². The number of rotatable bonds is 7. The van der Waals surface area contributed by atoms with Gasteiger partial charge in [-0.3, -0.25) is 5.10 Å². The summed E-state index contributed by atoms with van der Waals surface area (Å²) in [5, 5.41) is 7.31. The summed E-state index contributed by atoms with van der Waals surface area (Å²) in [6, 6.07) is 7.44. The second kappa shape index (κ2) is 8.06. The van der Waals surface area contributed by atoms with E-state index in [0.29, 0.717) is 28.5 Å². The second-order valence-electron chi connectivity index (χ2n) is 6.61. The highest BCUT2D eigenvalue weighted by Gasteiger charge is 2.28. The van der Waals surface area contributed by atoms with Gasteiger partial charge < -0.3 is 4.74 Å². The maximum Gasteiger partial charge on any atom is 0.242 e. The van der Waals surface area contributed by atoms with Gasteiger partial charge in [0.1, 0.15) is 10.6 Å². The number of nitrogens with one attached hydrogen (secondary N) is 2. The number of sulfonamides is 1. The average molecular weight is 420 g/mol. The summed E-state index contributed by atoms with van der Waals surface area (Å²) >= 11 is 1.47. The molecule has 0 bridgehead atoms. The molecule has 0 radical (unpaired) electrons. The highest BCUT2D eigenvalue weighted by atomic mass is 32.2. The third kappa shape index (κ3) is 3.85. The van der Waals surface area contributed by atoms with Crippen LogP contribution in [0.3, 0.4) is 0 Å². The first kappa shape index (κ1) is 20.6. The van der Waals surface area contributed by atoms with E-state index in [1.54, 1.807) is 0 Å². The topological polar surface area (TPSA) is 84.1 Å². The second-order valence-corrected chi connectivity index (χ2v) is 9.74. The van der Waals surface area contributed by atoms with Crippen molar-refractivity contribution in [3.63, 3.8) is 0 Å². The third-order valence-electron chi connectivity index (χ3n) is 4.69. The first-order valence-corrected chi connectivity index (χ1v) is 11.4. The lowest BCUT2D eigenvalue weighted by Gasteiger charge is -2.12. The maximum absolute atomic E-state index is 13.2. The van der Waals surface area contributed by atoms with Crippen LogP contribution in [-0.4, -0.2) is 25.2 Å². The predicted octanol–water partition coefficient (Wildman–Crippen LogP) is 4.25. The van der Waals surface area contributed by atoms with E-state index in [1.165, 1.54) is 11.3 Å². The van der Waals surface area contributed by atoms with E-state index in [-0.39, 0.29) is 6.54 Å². The molecule has 3 rings (SSSR count). The summed E-state index contributed by atoms with van der Waals surface area (Å²) in [6.07, 6.45) is 0. The number of thiophene rings is 1. The van der Waals surface area contributed by atoms with E-state index >= 15 is 0 Å². The summed E-state index contributed by atoms with van der Waals surface area (Å²) in [7, 11) is -3.74. The molecule has 0 spiro atoms. The molecule has 0 aliphatic rings. The van der Waals surface area contributed by atoms with Gasteiger partial charge in [-0.15, -0.1) is 11.3 Å². The zero-order chi connectivity index (χ0) is 20.5. The number of hydrogen-bond donors (Lipinski definition) is 2. The molecule has 2 N–H and O–H groups in total. The fourth-order valence-electron chi connectivity index (χ4n) is 3.18. The molecule has 2 aromatic heterocycles. The first-order chi connectivity index (χ1) is 13.3. The van der Waals surface area contributed by atoms with Crippen molar-refractivity contribution in [2.45, 2.75) is 46.1 Å². The van der Waals surface area contributed by atoms with Gasteiger partial charge in [0, 0.05) is 33.1 Å². The minimum absolute atomic E-state index is 0.158. The molecule has 3 aromatic rings. The Balaban J connectivity index is 1.98. The molecular formula is C20H25N3O3S2. The number of aromatic nitrogens is 2. The van der Waals surface area contributed by atoms with Crippen LogP contribution in [0.4, 0.5) is 0 Å². The summed E-state index contributed by atoms with van der Waals surface area (Å²) in [5.41, 5.74) is 4.05. The van der Waals surface area contributed by atoms with Crippen LogP contribution in [0.5, 0.6) is 5.75 Å². The molecule has 0 aliphatic carbocycles. The van der Waals surface area contributed by atoms with E-state index < -0.39 is 10.0 Å². The van der Waals surface area contributed by atoms with Gasteiger partial charge in [0.25, 0.3) is 0 Å². The van der Waals surface area contributed by atoms with Gasteiger partial charge in [0.2, 0.25) is 10.0 Å². The Morgan fingerprint density at radius 1 is 1.14 bits per heavy atom. The van der Waals surface area contributed by atoms with Crippen molar-refractivity contribution in [2.75, 3.05) is 6.61 Å². The average Bonchev–Trinajstić information content (AvgIpc) is 3.13. The van der Waals surface area contributed by atoms with Crippen molar-refractivity contribution >= 4 is 21.4 Å². The Hall–Kier alpha value is -2.16. The minimum atomic E-state index is -3.74. The molecule has 0 aliphatic heterocycles. The molecule has 0 amide bonds. The summed E-state index contributed by atoms with van der Waals surface area (Å²) in [4.78, 5) is 1.99. The van der Waals surface area contributed by atoms with E-state index in [4.69, 9.17) is 4.74 Å². The van der Waals surface area contributed by atoms with E-state index in [0.717, 1.165) is 26.6 Å². The summed E-state index contributed by atoms with van der Waals surface area (Å²) in [5.74, 6) is 0.685. The van der Waals surface area contributed by atoms with Gasteiger partial charge in [0.05, 0.1) is 12.3 Å². The number of hydrogen-bond acceptors (Lipinski definition) is 5. The van der Waals surface area contributed by atoms with Crippen LogP contribution >= 0.6 is 11.3 Å². The van der Waals surface area contributed by atoms with E-state index in [1.807, 2.05) is 58.9 Å². The smallest absolute Gasteiger partial charge is 0.242 e. The van der Waals surface area contributed by atoms with Crippen molar-refractivity contribution in [2.24, 2.45) is 0 Å². The minimum Gasteiger partial charge on any atom is -0.494 e. The maximum atomic E-state index is 13.2. The van der Waals surface area contributed by atoms with Crippen LogP contribution in [0.1, 0.15) is 33.5 Å². The summed E-state index contributed by atoms with van der Waals surface area (Å²) < 4.78 is 34.8. The van der Waals surface area contributed by atoms with Gasteiger partial charge in [-0.25, -0.2) is 13.1 Å². The molecule has 8 heteroatoms. The molecule has 28 heavy (non-hydrogen) atoms. The van der Waals surface area contributed by atoms with Gasteiger partial charge in [-0.05, 0) is 46.2 Å². The Morgan fingerprint density at radius 2 is 1.86 bits per heavy atom. The van der Waals surface area contributed by atoms with E-state index in [2.05, 4.69) is 14.9 Å². The molecule has 0 saturated heterocycles. The van der Waals surface area contributed by atoms with Crippen LogP contribution in [0.15, 0.2) is 29.2 Å². The zero-order valence-corrected chi connectivity index (χ0v) is 18.3. The Labute approximate surface area is 170 Å². The highest BCUT2D eigenvalue weighted by Crippen LogP contribution is 2.39. The lowest BCUT2D eigenvalue weighted by Crippen LogP contribution is -2.24. The molecule has 0 fully saturated rings. The first-order valence-electron chi connectivity index (χ1n) is 9.08. The molecule has 0 atom stereocenters. The van der Waals surface area contributed by atoms with Crippen LogP contribution < -0.4 is 9.46 Å². The number of H-pyrrole nitrogens is 1. The van der Waals surface area contributed by atoms with Crippen LogP contribution in [0.25, 0.3) is 11.3 Å². The molecule has 2 heterocycles. The van der Waals surface area contributed by atoms with Crippen molar-refractivity contribution in [1.82, 2.24) is 14.9 Å². The Kier molecular flexibility index (Phi) is 5.92. The predicted molar refractivity (Wildman–Crippen MR) is 112 cm³/mol. The number of benzene rings is 1. The largest absolute Gasteiger partial charge is 0.494 e. The number of aryl methyl sites for hydroxylation is 3. The van der Waals surface area contributed by atoms with Crippen molar-refractivity contribution in [1.29, 1.82) is 0 Å². The van der Waals surface area contributed by atoms with E-state index in [9.17, 15) is 8.42 Å². The van der Waals surface area contributed by atoms with Crippen LogP contribution in [0.2, 0.25) is 0 Å². The number of aromatic amines is 1. The molecular weight excluding hydrogens is 394 g/mol. The quantitative estimate of drug-likeness (QED) is 0.600. The highest BCUT2D eigenvalue weighted by molar-refractivity contribution is 7.89.